The Morgan fingerprint density at radius 2 is 2.05 bits per heavy atom. The van der Waals surface area contributed by atoms with E-state index >= 15 is 0 Å². The van der Waals surface area contributed by atoms with Gasteiger partial charge in [0.05, 0.1) is 12.8 Å². The van der Waals surface area contributed by atoms with Gasteiger partial charge in [-0.15, -0.1) is 0 Å². The number of aryl methyl sites for hydroxylation is 1. The van der Waals surface area contributed by atoms with E-state index in [-0.39, 0.29) is 5.54 Å². The van der Waals surface area contributed by atoms with Crippen molar-refractivity contribution in [2.45, 2.75) is 45.6 Å². The molecule has 0 bridgehead atoms. The van der Waals surface area contributed by atoms with Gasteiger partial charge in [-0.05, 0) is 63.8 Å². The number of carbonyl (C=O) groups is 1. The molecule has 0 unspecified atom stereocenters. The van der Waals surface area contributed by atoms with E-state index in [4.69, 9.17) is 9.57 Å². The predicted octanol–water partition coefficient (Wildman–Crippen LogP) is 3.26. The molecule has 1 N–H and O–H groups in total. The number of nitrogens with zero attached hydrogens (tertiary/aromatic N) is 1. The number of amides is 1. The van der Waals surface area contributed by atoms with Crippen LogP contribution in [0, 0.1) is 0 Å². The molecule has 5 heteroatoms. The number of hydrogen-bond acceptors (Lipinski definition) is 4. The van der Waals surface area contributed by atoms with Crippen LogP contribution < -0.4 is 10.1 Å². The van der Waals surface area contributed by atoms with Crippen LogP contribution in [-0.2, 0) is 11.3 Å². The third-order valence-electron chi connectivity index (χ3n) is 3.20. The molecular formula is C16H22N2O3. The molecule has 1 amide bonds. The molecular weight excluding hydrogens is 268 g/mol. The summed E-state index contributed by atoms with van der Waals surface area (Å²) in [5.41, 5.74) is 2.68. The quantitative estimate of drug-likeness (QED) is 0.672. The number of methoxy groups -OCH3 is 1. The Balaban J connectivity index is 2.12. The van der Waals surface area contributed by atoms with Gasteiger partial charge in [0, 0.05) is 11.1 Å². The molecule has 0 saturated heterocycles. The summed E-state index contributed by atoms with van der Waals surface area (Å²) in [6.07, 6.45) is 2.25. The number of rotatable bonds is 2. The minimum atomic E-state index is -0.532. The van der Waals surface area contributed by atoms with Gasteiger partial charge >= 0.3 is 6.09 Å². The summed E-state index contributed by atoms with van der Waals surface area (Å²) in [6.45, 7) is 5.68. The first-order valence-corrected chi connectivity index (χ1v) is 7.12. The maximum Gasteiger partial charge on any atom is 0.433 e. The van der Waals surface area contributed by atoms with Gasteiger partial charge in [0.2, 0.25) is 0 Å². The van der Waals surface area contributed by atoms with Crippen molar-refractivity contribution in [1.29, 1.82) is 0 Å². The zero-order chi connectivity index (χ0) is 15.5. The van der Waals surface area contributed by atoms with Crippen LogP contribution in [0.3, 0.4) is 0 Å². The largest absolute Gasteiger partial charge is 0.497 e. The molecule has 5 nitrogen and oxygen atoms in total. The van der Waals surface area contributed by atoms with Crippen LogP contribution in [0.25, 0.3) is 0 Å². The summed E-state index contributed by atoms with van der Waals surface area (Å²) in [5.74, 6) is 0.835. The second kappa shape index (κ2) is 6.16. The standard InChI is InChI=1S/C16H22N2O3/c1-16(2,3)17-15(19)21-18-14-7-5-6-11-10-12(20-4)8-9-13(11)14/h8-10H,5-7H2,1-4H3,(H,17,19)/b18-14-. The highest BCUT2D eigenvalue weighted by Crippen LogP contribution is 2.26. The Labute approximate surface area is 125 Å². The Hall–Kier alpha value is -2.04. The molecule has 0 radical (unpaired) electrons. The maximum atomic E-state index is 11.7. The van der Waals surface area contributed by atoms with Gasteiger partial charge in [0.15, 0.2) is 0 Å². The van der Waals surface area contributed by atoms with Crippen LogP contribution in [0.1, 0.15) is 44.7 Å². The van der Waals surface area contributed by atoms with Crippen LogP contribution in [0.15, 0.2) is 23.4 Å². The monoisotopic (exact) mass is 290 g/mol. The minimum absolute atomic E-state index is 0.338. The predicted molar refractivity (Wildman–Crippen MR) is 81.8 cm³/mol. The number of hydrogen-bond donors (Lipinski definition) is 1. The van der Waals surface area contributed by atoms with Crippen molar-refractivity contribution in [2.75, 3.05) is 7.11 Å². The minimum Gasteiger partial charge on any atom is -0.497 e. The van der Waals surface area contributed by atoms with Gasteiger partial charge in [0.1, 0.15) is 5.75 Å². The third-order valence-corrected chi connectivity index (χ3v) is 3.20. The summed E-state index contributed by atoms with van der Waals surface area (Å²) in [6, 6.07) is 5.88. The molecule has 0 saturated carbocycles. The molecule has 0 aliphatic heterocycles. The van der Waals surface area contributed by atoms with Crippen LogP contribution >= 0.6 is 0 Å². The van der Waals surface area contributed by atoms with Crippen LogP contribution in [0.4, 0.5) is 4.79 Å². The summed E-state index contributed by atoms with van der Waals surface area (Å²) in [4.78, 5) is 16.6. The van der Waals surface area contributed by atoms with E-state index in [1.165, 1.54) is 5.56 Å². The van der Waals surface area contributed by atoms with E-state index in [9.17, 15) is 4.79 Å². The van der Waals surface area contributed by atoms with Crippen LogP contribution in [-0.4, -0.2) is 24.5 Å². The van der Waals surface area contributed by atoms with Crippen LogP contribution in [0.2, 0.25) is 0 Å². The molecule has 0 fully saturated rings. The fourth-order valence-corrected chi connectivity index (χ4v) is 2.29. The second-order valence-electron chi connectivity index (χ2n) is 6.17. The molecule has 1 aliphatic rings. The Morgan fingerprint density at radius 3 is 2.71 bits per heavy atom. The fourth-order valence-electron chi connectivity index (χ4n) is 2.29. The highest BCUT2D eigenvalue weighted by Gasteiger charge is 2.19. The van der Waals surface area contributed by atoms with Crippen molar-refractivity contribution in [2.24, 2.45) is 5.16 Å². The molecule has 0 heterocycles. The van der Waals surface area contributed by atoms with E-state index < -0.39 is 6.09 Å². The Kier molecular flexibility index (Phi) is 4.50. The number of carbonyl (C=O) groups excluding carboxylic acids is 1. The highest BCUT2D eigenvalue weighted by molar-refractivity contribution is 6.02. The number of nitrogens with one attached hydrogen (secondary N) is 1. The first-order chi connectivity index (χ1) is 9.89. The smallest absolute Gasteiger partial charge is 0.433 e. The van der Waals surface area contributed by atoms with Gasteiger partial charge in [-0.25, -0.2) is 4.79 Å². The normalized spacial score (nSPS) is 16.3. The average molecular weight is 290 g/mol. The lowest BCUT2D eigenvalue weighted by molar-refractivity contribution is 0.141. The van der Waals surface area contributed by atoms with E-state index in [0.29, 0.717) is 0 Å². The molecule has 1 aliphatic carbocycles. The maximum absolute atomic E-state index is 11.7. The fraction of sp³-hybridized carbons (Fsp3) is 0.500. The first kappa shape index (κ1) is 15.4. The molecule has 0 spiro atoms. The molecule has 0 atom stereocenters. The summed E-state index contributed by atoms with van der Waals surface area (Å²) < 4.78 is 5.23. The lowest BCUT2D eigenvalue weighted by Crippen LogP contribution is -2.40. The topological polar surface area (TPSA) is 59.9 Å². The molecule has 2 rings (SSSR count). The molecule has 1 aromatic carbocycles. The SMILES string of the molecule is COc1ccc2c(c1)CCC/C2=N/OC(=O)NC(C)(C)C. The second-order valence-corrected chi connectivity index (χ2v) is 6.17. The van der Waals surface area contributed by atoms with Crippen molar-refractivity contribution in [3.63, 3.8) is 0 Å². The summed E-state index contributed by atoms with van der Waals surface area (Å²) in [5, 5.41) is 6.74. The highest BCUT2D eigenvalue weighted by atomic mass is 16.7. The molecule has 0 aromatic heterocycles. The molecule has 1 aromatic rings. The lowest BCUT2D eigenvalue weighted by Gasteiger charge is -2.20. The average Bonchev–Trinajstić information content (AvgIpc) is 2.42. The third kappa shape index (κ3) is 4.21. The number of fused-ring (bicyclic) bond motifs is 1. The Bertz CT molecular complexity index is 559. The van der Waals surface area contributed by atoms with Crippen molar-refractivity contribution < 1.29 is 14.4 Å². The van der Waals surface area contributed by atoms with E-state index in [1.807, 2.05) is 39.0 Å². The van der Waals surface area contributed by atoms with Gasteiger partial charge in [-0.2, -0.15) is 0 Å². The van der Waals surface area contributed by atoms with Crippen molar-refractivity contribution >= 4 is 11.8 Å². The molecule has 21 heavy (non-hydrogen) atoms. The van der Waals surface area contributed by atoms with Gasteiger partial charge in [-0.1, -0.05) is 5.16 Å². The van der Waals surface area contributed by atoms with Gasteiger partial charge < -0.3 is 10.1 Å². The number of benzene rings is 1. The molecule has 114 valence electrons. The number of ether oxygens (including phenoxy) is 1. The first-order valence-electron chi connectivity index (χ1n) is 7.12. The summed E-state index contributed by atoms with van der Waals surface area (Å²) >= 11 is 0. The van der Waals surface area contributed by atoms with Gasteiger partial charge in [0.25, 0.3) is 0 Å². The lowest BCUT2D eigenvalue weighted by atomic mass is 9.90. The van der Waals surface area contributed by atoms with E-state index in [2.05, 4.69) is 10.5 Å². The van der Waals surface area contributed by atoms with E-state index in [0.717, 1.165) is 36.3 Å². The number of oxime groups is 1. The van der Waals surface area contributed by atoms with Crippen LogP contribution in [0.5, 0.6) is 5.75 Å². The van der Waals surface area contributed by atoms with Crippen molar-refractivity contribution in [3.05, 3.63) is 29.3 Å². The van der Waals surface area contributed by atoms with Crippen molar-refractivity contribution in [1.82, 2.24) is 5.32 Å². The zero-order valence-electron chi connectivity index (χ0n) is 13.0. The zero-order valence-corrected chi connectivity index (χ0v) is 13.0. The Morgan fingerprint density at radius 1 is 1.29 bits per heavy atom. The van der Waals surface area contributed by atoms with E-state index in [1.54, 1.807) is 7.11 Å². The summed E-state index contributed by atoms with van der Waals surface area (Å²) in [7, 11) is 1.65. The van der Waals surface area contributed by atoms with Crippen molar-refractivity contribution in [3.8, 4) is 5.75 Å². The van der Waals surface area contributed by atoms with Gasteiger partial charge in [-0.3, -0.25) is 4.84 Å².